The van der Waals surface area contributed by atoms with Crippen LogP contribution in [0.4, 0.5) is 0 Å². The number of hydrogen-bond donors (Lipinski definition) is 0. The van der Waals surface area contributed by atoms with Crippen LogP contribution in [0, 0.1) is 5.92 Å². The largest absolute Gasteiger partial charge is 0.381 e. The third-order valence-corrected chi connectivity index (χ3v) is 5.17. The van der Waals surface area contributed by atoms with Crippen molar-refractivity contribution in [2.75, 3.05) is 46.5 Å². The van der Waals surface area contributed by atoms with Crippen molar-refractivity contribution in [3.63, 3.8) is 0 Å². The summed E-state index contributed by atoms with van der Waals surface area (Å²) in [5.41, 5.74) is 0. The second kappa shape index (κ2) is 7.07. The standard InChI is InChI=1S/C16H28N2O3/c1-20-15-9-14(10-17-6-2-3-7-17)18(11-15)16(19)13-5-4-8-21-12-13/h13-15H,2-12H2,1H3/t13?,14-,15-/m0/s1. The Labute approximate surface area is 127 Å². The molecule has 0 aliphatic carbocycles. The van der Waals surface area contributed by atoms with E-state index in [9.17, 15) is 4.79 Å². The van der Waals surface area contributed by atoms with Gasteiger partial charge < -0.3 is 19.3 Å². The normalized spacial score (nSPS) is 34.5. The van der Waals surface area contributed by atoms with Crippen LogP contribution in [0.5, 0.6) is 0 Å². The molecule has 3 atom stereocenters. The van der Waals surface area contributed by atoms with E-state index in [0.29, 0.717) is 18.6 Å². The zero-order chi connectivity index (χ0) is 14.7. The molecule has 3 heterocycles. The molecule has 0 saturated carbocycles. The average molecular weight is 296 g/mol. The maximum absolute atomic E-state index is 12.8. The second-order valence-electron chi connectivity index (χ2n) is 6.66. The summed E-state index contributed by atoms with van der Waals surface area (Å²) in [4.78, 5) is 17.4. The molecule has 3 aliphatic heterocycles. The molecule has 3 saturated heterocycles. The number of rotatable bonds is 4. The molecule has 0 aromatic heterocycles. The predicted molar refractivity (Wildman–Crippen MR) is 80.1 cm³/mol. The monoisotopic (exact) mass is 296 g/mol. The first-order valence-electron chi connectivity index (χ1n) is 8.41. The van der Waals surface area contributed by atoms with Crippen LogP contribution in [-0.4, -0.2) is 74.4 Å². The van der Waals surface area contributed by atoms with Crippen molar-refractivity contribution in [1.29, 1.82) is 0 Å². The Morgan fingerprint density at radius 3 is 2.76 bits per heavy atom. The minimum absolute atomic E-state index is 0.0652. The van der Waals surface area contributed by atoms with E-state index >= 15 is 0 Å². The van der Waals surface area contributed by atoms with Crippen LogP contribution in [0.15, 0.2) is 0 Å². The fourth-order valence-electron chi connectivity index (χ4n) is 3.92. The molecule has 0 radical (unpaired) electrons. The van der Waals surface area contributed by atoms with Gasteiger partial charge in [0.15, 0.2) is 0 Å². The summed E-state index contributed by atoms with van der Waals surface area (Å²) in [6.07, 6.45) is 5.76. The van der Waals surface area contributed by atoms with Gasteiger partial charge in [0, 0.05) is 32.8 Å². The lowest BCUT2D eigenvalue weighted by molar-refractivity contribution is -0.141. The summed E-state index contributed by atoms with van der Waals surface area (Å²) in [6.45, 7) is 5.54. The molecular formula is C16H28N2O3. The fourth-order valence-corrected chi connectivity index (χ4v) is 3.92. The first-order valence-corrected chi connectivity index (χ1v) is 8.41. The van der Waals surface area contributed by atoms with Crippen molar-refractivity contribution < 1.29 is 14.3 Å². The summed E-state index contributed by atoms with van der Waals surface area (Å²) in [5, 5.41) is 0. The van der Waals surface area contributed by atoms with Gasteiger partial charge in [-0.25, -0.2) is 0 Å². The average Bonchev–Trinajstić information content (AvgIpc) is 3.17. The van der Waals surface area contributed by atoms with Crippen LogP contribution in [0.3, 0.4) is 0 Å². The summed E-state index contributed by atoms with van der Waals surface area (Å²) >= 11 is 0. The van der Waals surface area contributed by atoms with Crippen LogP contribution in [0.2, 0.25) is 0 Å². The molecule has 3 rings (SSSR count). The highest BCUT2D eigenvalue weighted by Crippen LogP contribution is 2.26. The Balaban J connectivity index is 1.62. The molecular weight excluding hydrogens is 268 g/mol. The van der Waals surface area contributed by atoms with E-state index in [2.05, 4.69) is 9.80 Å². The second-order valence-corrected chi connectivity index (χ2v) is 6.66. The molecule has 3 fully saturated rings. The van der Waals surface area contributed by atoms with E-state index in [1.165, 1.54) is 25.9 Å². The molecule has 21 heavy (non-hydrogen) atoms. The number of carbonyl (C=O) groups excluding carboxylic acids is 1. The third-order valence-electron chi connectivity index (χ3n) is 5.17. The SMILES string of the molecule is CO[C@H]1C[C@@H](CN2CCCC2)N(C(=O)C2CCCOC2)C1. The lowest BCUT2D eigenvalue weighted by atomic mass is 10.0. The first kappa shape index (κ1) is 15.3. The van der Waals surface area contributed by atoms with E-state index in [1.807, 2.05) is 0 Å². The lowest BCUT2D eigenvalue weighted by Gasteiger charge is -2.32. The van der Waals surface area contributed by atoms with Gasteiger partial charge in [0.2, 0.25) is 5.91 Å². The molecule has 3 aliphatic rings. The van der Waals surface area contributed by atoms with Crippen LogP contribution in [0.25, 0.3) is 0 Å². The van der Waals surface area contributed by atoms with Crippen LogP contribution in [-0.2, 0) is 14.3 Å². The van der Waals surface area contributed by atoms with Crippen molar-refractivity contribution in [1.82, 2.24) is 9.80 Å². The van der Waals surface area contributed by atoms with Gasteiger partial charge in [-0.05, 0) is 45.2 Å². The quantitative estimate of drug-likeness (QED) is 0.780. The maximum Gasteiger partial charge on any atom is 0.228 e. The summed E-state index contributed by atoms with van der Waals surface area (Å²) in [5.74, 6) is 0.355. The topological polar surface area (TPSA) is 42.0 Å². The van der Waals surface area contributed by atoms with Crippen molar-refractivity contribution in [2.45, 2.75) is 44.2 Å². The van der Waals surface area contributed by atoms with Gasteiger partial charge in [-0.3, -0.25) is 4.79 Å². The number of ether oxygens (including phenoxy) is 2. The molecule has 120 valence electrons. The zero-order valence-corrected chi connectivity index (χ0v) is 13.1. The third kappa shape index (κ3) is 3.58. The molecule has 0 N–H and O–H groups in total. The molecule has 5 heteroatoms. The summed E-state index contributed by atoms with van der Waals surface area (Å²) in [6, 6.07) is 0.322. The van der Waals surface area contributed by atoms with Crippen LogP contribution in [0.1, 0.15) is 32.1 Å². The van der Waals surface area contributed by atoms with Crippen molar-refractivity contribution in [3.8, 4) is 0 Å². The highest BCUT2D eigenvalue weighted by atomic mass is 16.5. The summed E-state index contributed by atoms with van der Waals surface area (Å²) in [7, 11) is 1.76. The maximum atomic E-state index is 12.8. The Kier molecular flexibility index (Phi) is 5.14. The number of likely N-dealkylation sites (tertiary alicyclic amines) is 2. The summed E-state index contributed by atoms with van der Waals surface area (Å²) < 4.78 is 11.0. The van der Waals surface area contributed by atoms with E-state index < -0.39 is 0 Å². The van der Waals surface area contributed by atoms with E-state index in [-0.39, 0.29) is 12.0 Å². The fraction of sp³-hybridized carbons (Fsp3) is 0.938. The van der Waals surface area contributed by atoms with Gasteiger partial charge in [-0.1, -0.05) is 0 Å². The number of methoxy groups -OCH3 is 1. The Bertz CT molecular complexity index is 351. The minimum atomic E-state index is 0.0652. The van der Waals surface area contributed by atoms with E-state index in [0.717, 1.165) is 39.0 Å². The minimum Gasteiger partial charge on any atom is -0.381 e. The lowest BCUT2D eigenvalue weighted by Crippen LogP contribution is -2.46. The van der Waals surface area contributed by atoms with Gasteiger partial charge in [-0.2, -0.15) is 0 Å². The number of hydrogen-bond acceptors (Lipinski definition) is 4. The number of nitrogens with zero attached hydrogens (tertiary/aromatic N) is 2. The Morgan fingerprint density at radius 2 is 2.10 bits per heavy atom. The van der Waals surface area contributed by atoms with E-state index in [1.54, 1.807) is 7.11 Å². The number of amides is 1. The predicted octanol–water partition coefficient (Wildman–Crippen LogP) is 1.12. The Morgan fingerprint density at radius 1 is 1.29 bits per heavy atom. The van der Waals surface area contributed by atoms with Gasteiger partial charge >= 0.3 is 0 Å². The van der Waals surface area contributed by atoms with E-state index in [4.69, 9.17) is 9.47 Å². The molecule has 5 nitrogen and oxygen atoms in total. The molecule has 1 amide bonds. The molecule has 0 aromatic rings. The first-order chi connectivity index (χ1) is 10.3. The number of carbonyl (C=O) groups is 1. The van der Waals surface area contributed by atoms with Crippen LogP contribution < -0.4 is 0 Å². The van der Waals surface area contributed by atoms with Gasteiger partial charge in [0.05, 0.1) is 18.6 Å². The highest BCUT2D eigenvalue weighted by Gasteiger charge is 2.39. The Hall–Kier alpha value is -0.650. The van der Waals surface area contributed by atoms with Gasteiger partial charge in [0.25, 0.3) is 0 Å². The van der Waals surface area contributed by atoms with Gasteiger partial charge in [0.1, 0.15) is 0 Å². The zero-order valence-electron chi connectivity index (χ0n) is 13.1. The van der Waals surface area contributed by atoms with Gasteiger partial charge in [-0.15, -0.1) is 0 Å². The molecule has 0 aromatic carbocycles. The van der Waals surface area contributed by atoms with Crippen molar-refractivity contribution >= 4 is 5.91 Å². The van der Waals surface area contributed by atoms with Crippen LogP contribution >= 0.6 is 0 Å². The smallest absolute Gasteiger partial charge is 0.228 e. The molecule has 0 bridgehead atoms. The molecule has 1 unspecified atom stereocenters. The van der Waals surface area contributed by atoms with Crippen molar-refractivity contribution in [3.05, 3.63) is 0 Å². The highest BCUT2D eigenvalue weighted by molar-refractivity contribution is 5.79. The van der Waals surface area contributed by atoms with Crippen molar-refractivity contribution in [2.24, 2.45) is 5.92 Å². The molecule has 0 spiro atoms.